The number of aromatic nitrogens is 1. The number of hydrogen-bond acceptors (Lipinski definition) is 3. The van der Waals surface area contributed by atoms with Gasteiger partial charge in [0.25, 0.3) is 5.91 Å². The van der Waals surface area contributed by atoms with E-state index < -0.39 is 0 Å². The molecule has 0 radical (unpaired) electrons. The number of nitrogens with zero attached hydrogens (tertiary/aromatic N) is 1. The first-order valence-electron chi connectivity index (χ1n) is 8.46. The summed E-state index contributed by atoms with van der Waals surface area (Å²) in [5.41, 5.74) is 2.42. The van der Waals surface area contributed by atoms with Crippen molar-refractivity contribution in [3.63, 3.8) is 0 Å². The van der Waals surface area contributed by atoms with E-state index in [2.05, 4.69) is 24.3 Å². The average molecular weight is 314 g/mol. The number of rotatable bonds is 8. The Hall–Kier alpha value is -2.10. The van der Waals surface area contributed by atoms with Crippen LogP contribution in [0, 0.1) is 12.8 Å². The molecule has 0 aliphatic carbocycles. The first-order chi connectivity index (χ1) is 11.1. The topological polar surface area (TPSA) is 55.1 Å². The minimum absolute atomic E-state index is 0.164. The van der Waals surface area contributed by atoms with Gasteiger partial charge in [0.1, 0.15) is 0 Å². The quantitative estimate of drug-likeness (QED) is 0.775. The van der Waals surface area contributed by atoms with Crippen LogP contribution >= 0.6 is 0 Å². The molecule has 1 N–H and O–H groups in total. The molecule has 0 saturated carbocycles. The van der Waals surface area contributed by atoms with E-state index >= 15 is 0 Å². The fourth-order valence-electron chi connectivity index (χ4n) is 2.59. The van der Waals surface area contributed by atoms with Gasteiger partial charge in [0.2, 0.25) is 0 Å². The van der Waals surface area contributed by atoms with Gasteiger partial charge in [-0.3, -0.25) is 4.79 Å². The minimum atomic E-state index is -0.164. The molecule has 0 spiro atoms. The predicted octanol–water partition coefficient (Wildman–Crippen LogP) is 4.60. The molecule has 0 saturated heterocycles. The van der Waals surface area contributed by atoms with Crippen LogP contribution in [-0.4, -0.2) is 17.6 Å². The molecule has 1 heterocycles. The van der Waals surface area contributed by atoms with Gasteiger partial charge in [-0.25, -0.2) is 0 Å². The first-order valence-corrected chi connectivity index (χ1v) is 8.46. The molecule has 2 rings (SSSR count). The van der Waals surface area contributed by atoms with Gasteiger partial charge in [-0.15, -0.1) is 0 Å². The standard InChI is InChI=1S/C19H26N2O2/c1-4-6-9-15(5-2)13-20-19(22)17-12-18(23-21-17)16-10-7-8-14(3)11-16/h7-8,10-12,15H,4-6,9,13H2,1-3H3,(H,20,22). The van der Waals surface area contributed by atoms with Crippen LogP contribution in [0.1, 0.15) is 55.6 Å². The van der Waals surface area contributed by atoms with Crippen molar-refractivity contribution in [3.05, 3.63) is 41.6 Å². The van der Waals surface area contributed by atoms with Gasteiger partial charge in [0.05, 0.1) is 0 Å². The van der Waals surface area contributed by atoms with Crippen LogP contribution in [0.4, 0.5) is 0 Å². The molecule has 1 aromatic carbocycles. The lowest BCUT2D eigenvalue weighted by Crippen LogP contribution is -2.29. The monoisotopic (exact) mass is 314 g/mol. The summed E-state index contributed by atoms with van der Waals surface area (Å²) >= 11 is 0. The van der Waals surface area contributed by atoms with Gasteiger partial charge in [-0.1, -0.05) is 62.0 Å². The predicted molar refractivity (Wildman–Crippen MR) is 92.3 cm³/mol. The molecule has 0 aliphatic heterocycles. The van der Waals surface area contributed by atoms with Gasteiger partial charge in [-0.2, -0.15) is 0 Å². The van der Waals surface area contributed by atoms with E-state index in [4.69, 9.17) is 4.52 Å². The van der Waals surface area contributed by atoms with Crippen molar-refractivity contribution < 1.29 is 9.32 Å². The molecule has 1 amide bonds. The maximum atomic E-state index is 12.2. The van der Waals surface area contributed by atoms with Gasteiger partial charge in [-0.05, 0) is 25.3 Å². The number of aryl methyl sites for hydroxylation is 1. The van der Waals surface area contributed by atoms with E-state index in [0.717, 1.165) is 24.0 Å². The van der Waals surface area contributed by atoms with E-state index in [1.807, 2.05) is 31.2 Å². The second-order valence-electron chi connectivity index (χ2n) is 6.07. The Labute approximate surface area is 138 Å². The molecule has 4 nitrogen and oxygen atoms in total. The molecule has 4 heteroatoms. The normalized spacial score (nSPS) is 12.1. The van der Waals surface area contributed by atoms with Crippen LogP contribution in [0.2, 0.25) is 0 Å². The summed E-state index contributed by atoms with van der Waals surface area (Å²) in [5.74, 6) is 0.988. The molecule has 1 atom stereocenters. The van der Waals surface area contributed by atoms with Crippen LogP contribution in [0.5, 0.6) is 0 Å². The zero-order chi connectivity index (χ0) is 16.7. The zero-order valence-corrected chi connectivity index (χ0v) is 14.3. The van der Waals surface area contributed by atoms with Crippen LogP contribution in [0.15, 0.2) is 34.9 Å². The highest BCUT2D eigenvalue weighted by molar-refractivity contribution is 5.93. The Balaban J connectivity index is 1.96. The third-order valence-electron chi connectivity index (χ3n) is 4.14. The fraction of sp³-hybridized carbons (Fsp3) is 0.474. The van der Waals surface area contributed by atoms with Crippen molar-refractivity contribution >= 4 is 5.91 Å². The summed E-state index contributed by atoms with van der Waals surface area (Å²) in [7, 11) is 0. The second kappa shape index (κ2) is 8.51. The number of benzene rings is 1. The molecule has 124 valence electrons. The molecule has 1 aromatic heterocycles. The molecule has 2 aromatic rings. The van der Waals surface area contributed by atoms with Crippen LogP contribution in [0.25, 0.3) is 11.3 Å². The Bertz CT molecular complexity index is 634. The lowest BCUT2D eigenvalue weighted by atomic mass is 9.99. The molecule has 0 fully saturated rings. The van der Waals surface area contributed by atoms with Gasteiger partial charge < -0.3 is 9.84 Å². The van der Waals surface area contributed by atoms with Crippen molar-refractivity contribution in [1.29, 1.82) is 0 Å². The lowest BCUT2D eigenvalue weighted by molar-refractivity contribution is 0.0937. The third-order valence-corrected chi connectivity index (χ3v) is 4.14. The smallest absolute Gasteiger partial charge is 0.273 e. The molecule has 0 bridgehead atoms. The van der Waals surface area contributed by atoms with Crippen LogP contribution in [-0.2, 0) is 0 Å². The summed E-state index contributed by atoms with van der Waals surface area (Å²) < 4.78 is 5.31. The van der Waals surface area contributed by atoms with Gasteiger partial charge in [0, 0.05) is 18.2 Å². The highest BCUT2D eigenvalue weighted by Gasteiger charge is 2.15. The van der Waals surface area contributed by atoms with Crippen molar-refractivity contribution in [1.82, 2.24) is 10.5 Å². The SMILES string of the molecule is CCCCC(CC)CNC(=O)c1cc(-c2cccc(C)c2)on1. The minimum Gasteiger partial charge on any atom is -0.355 e. The highest BCUT2D eigenvalue weighted by atomic mass is 16.5. The van der Waals surface area contributed by atoms with Gasteiger partial charge in [0.15, 0.2) is 11.5 Å². The van der Waals surface area contributed by atoms with Gasteiger partial charge >= 0.3 is 0 Å². The lowest BCUT2D eigenvalue weighted by Gasteiger charge is -2.14. The summed E-state index contributed by atoms with van der Waals surface area (Å²) in [5, 5.41) is 6.87. The molecule has 0 aliphatic rings. The number of unbranched alkanes of at least 4 members (excludes halogenated alkanes) is 1. The largest absolute Gasteiger partial charge is 0.355 e. The fourth-order valence-corrected chi connectivity index (χ4v) is 2.59. The number of hydrogen-bond donors (Lipinski definition) is 1. The van der Waals surface area contributed by atoms with Crippen LogP contribution in [0.3, 0.4) is 0 Å². The maximum Gasteiger partial charge on any atom is 0.273 e. The zero-order valence-electron chi connectivity index (χ0n) is 14.3. The van der Waals surface area contributed by atoms with Crippen LogP contribution < -0.4 is 5.32 Å². The Morgan fingerprint density at radius 3 is 2.83 bits per heavy atom. The van der Waals surface area contributed by atoms with Crippen molar-refractivity contribution in [2.45, 2.75) is 46.5 Å². The third kappa shape index (κ3) is 4.95. The molecular weight excluding hydrogens is 288 g/mol. The first kappa shape index (κ1) is 17.3. The van der Waals surface area contributed by atoms with E-state index in [0.29, 0.717) is 23.9 Å². The van der Waals surface area contributed by atoms with Crippen molar-refractivity contribution in [3.8, 4) is 11.3 Å². The second-order valence-corrected chi connectivity index (χ2v) is 6.07. The molecule has 1 unspecified atom stereocenters. The van der Waals surface area contributed by atoms with E-state index in [9.17, 15) is 4.79 Å². The average Bonchev–Trinajstić information content (AvgIpc) is 3.05. The number of carbonyl (C=O) groups excluding carboxylic acids is 1. The van der Waals surface area contributed by atoms with Crippen molar-refractivity contribution in [2.24, 2.45) is 5.92 Å². The Morgan fingerprint density at radius 1 is 1.30 bits per heavy atom. The summed E-state index contributed by atoms with van der Waals surface area (Å²) in [6.07, 6.45) is 4.62. The molecule has 23 heavy (non-hydrogen) atoms. The summed E-state index contributed by atoms with van der Waals surface area (Å²) in [6, 6.07) is 9.66. The van der Waals surface area contributed by atoms with Crippen molar-refractivity contribution in [2.75, 3.05) is 6.54 Å². The Morgan fingerprint density at radius 2 is 2.13 bits per heavy atom. The van der Waals surface area contributed by atoms with E-state index in [-0.39, 0.29) is 5.91 Å². The highest BCUT2D eigenvalue weighted by Crippen LogP contribution is 2.21. The summed E-state index contributed by atoms with van der Waals surface area (Å²) in [4.78, 5) is 12.2. The Kier molecular flexibility index (Phi) is 6.39. The maximum absolute atomic E-state index is 12.2. The number of carbonyl (C=O) groups is 1. The summed E-state index contributed by atoms with van der Waals surface area (Å²) in [6.45, 7) is 7.07. The number of nitrogens with one attached hydrogen (secondary N) is 1. The van der Waals surface area contributed by atoms with E-state index in [1.54, 1.807) is 6.07 Å². The number of amides is 1. The van der Waals surface area contributed by atoms with E-state index in [1.165, 1.54) is 12.8 Å². The molecular formula is C19H26N2O2.